The summed E-state index contributed by atoms with van der Waals surface area (Å²) in [5.74, 6) is 0.700. The van der Waals surface area contributed by atoms with Gasteiger partial charge in [0.25, 0.3) is 5.91 Å². The lowest BCUT2D eigenvalue weighted by atomic mass is 10.1. The van der Waals surface area contributed by atoms with Crippen LogP contribution in [0.5, 0.6) is 11.5 Å². The number of ether oxygens (including phenoxy) is 3. The molecule has 0 aliphatic carbocycles. The van der Waals surface area contributed by atoms with Gasteiger partial charge in [0.2, 0.25) is 0 Å². The zero-order valence-electron chi connectivity index (χ0n) is 18.0. The van der Waals surface area contributed by atoms with Crippen molar-refractivity contribution in [3.8, 4) is 11.5 Å². The van der Waals surface area contributed by atoms with Crippen LogP contribution in [0.4, 0.5) is 4.39 Å². The summed E-state index contributed by atoms with van der Waals surface area (Å²) >= 11 is 10.3. The largest absolute Gasteiger partial charge is 0.490 e. The summed E-state index contributed by atoms with van der Waals surface area (Å²) in [7, 11) is 0. The van der Waals surface area contributed by atoms with Crippen LogP contribution in [0.2, 0.25) is 0 Å². The van der Waals surface area contributed by atoms with Crippen molar-refractivity contribution >= 4 is 56.2 Å². The smallest absolute Gasteiger partial charge is 0.266 e. The minimum Gasteiger partial charge on any atom is -0.490 e. The Morgan fingerprint density at radius 1 is 1.30 bits per heavy atom. The number of carbonyl (C=O) groups excluding carboxylic acids is 1. The van der Waals surface area contributed by atoms with Gasteiger partial charge in [-0.3, -0.25) is 9.69 Å². The van der Waals surface area contributed by atoms with Gasteiger partial charge in [-0.05, 0) is 77.2 Å². The summed E-state index contributed by atoms with van der Waals surface area (Å²) in [6.07, 6.45) is 3.81. The Morgan fingerprint density at radius 2 is 2.09 bits per heavy atom. The van der Waals surface area contributed by atoms with Crippen LogP contribution in [-0.4, -0.2) is 41.0 Å². The topological polar surface area (TPSA) is 48.0 Å². The van der Waals surface area contributed by atoms with E-state index in [1.807, 2.05) is 25.1 Å². The fourth-order valence-corrected chi connectivity index (χ4v) is 5.46. The molecule has 5 nitrogen and oxygen atoms in total. The molecule has 33 heavy (non-hydrogen) atoms. The Balaban J connectivity index is 1.52. The highest BCUT2D eigenvalue weighted by Crippen LogP contribution is 2.40. The predicted octanol–water partition coefficient (Wildman–Crippen LogP) is 5.95. The van der Waals surface area contributed by atoms with Crippen LogP contribution in [0.1, 0.15) is 30.9 Å². The second kappa shape index (κ2) is 11.0. The molecule has 2 fully saturated rings. The van der Waals surface area contributed by atoms with Crippen LogP contribution < -0.4 is 9.47 Å². The number of nitrogens with zero attached hydrogens (tertiary/aromatic N) is 1. The average Bonchev–Trinajstić information content (AvgIpc) is 3.39. The third-order valence-corrected chi connectivity index (χ3v) is 7.18. The molecule has 2 aromatic rings. The highest BCUT2D eigenvalue weighted by atomic mass is 79.9. The van der Waals surface area contributed by atoms with Crippen LogP contribution in [0.25, 0.3) is 6.08 Å². The van der Waals surface area contributed by atoms with Gasteiger partial charge in [0.1, 0.15) is 16.7 Å². The number of rotatable bonds is 8. The molecular formula is C24H23BrFNO4S2. The molecule has 2 heterocycles. The molecule has 0 bridgehead atoms. The molecule has 1 amide bonds. The maximum atomic E-state index is 13.2. The number of thiocarbonyl (C=S) groups is 1. The van der Waals surface area contributed by atoms with E-state index in [0.717, 1.165) is 30.6 Å². The second-order valence-corrected chi connectivity index (χ2v) is 10.1. The molecular weight excluding hydrogens is 529 g/mol. The molecule has 0 N–H and O–H groups in total. The normalized spacial score (nSPS) is 19.5. The first-order chi connectivity index (χ1) is 15.9. The van der Waals surface area contributed by atoms with E-state index in [4.69, 9.17) is 26.4 Å². The number of hydrogen-bond donors (Lipinski definition) is 0. The summed E-state index contributed by atoms with van der Waals surface area (Å²) in [4.78, 5) is 15.1. The molecule has 0 radical (unpaired) electrons. The third-order valence-electron chi connectivity index (χ3n) is 5.21. The van der Waals surface area contributed by atoms with Crippen molar-refractivity contribution in [2.75, 3.05) is 19.8 Å². The van der Waals surface area contributed by atoms with Crippen molar-refractivity contribution in [3.05, 3.63) is 62.7 Å². The van der Waals surface area contributed by atoms with E-state index in [2.05, 4.69) is 15.9 Å². The molecule has 0 saturated carbocycles. The summed E-state index contributed by atoms with van der Waals surface area (Å²) in [5.41, 5.74) is 1.63. The number of amides is 1. The van der Waals surface area contributed by atoms with E-state index in [1.54, 1.807) is 17.0 Å². The first-order valence-electron chi connectivity index (χ1n) is 10.6. The molecule has 2 aliphatic rings. The fraction of sp³-hybridized carbons (Fsp3) is 0.333. The lowest BCUT2D eigenvalue weighted by Gasteiger charge is -2.18. The lowest BCUT2D eigenvalue weighted by Crippen LogP contribution is -2.35. The minimum atomic E-state index is -0.291. The van der Waals surface area contributed by atoms with Crippen LogP contribution >= 0.6 is 39.9 Å². The van der Waals surface area contributed by atoms with Gasteiger partial charge >= 0.3 is 0 Å². The van der Waals surface area contributed by atoms with E-state index < -0.39 is 0 Å². The van der Waals surface area contributed by atoms with Gasteiger partial charge in [0.15, 0.2) is 11.5 Å². The van der Waals surface area contributed by atoms with E-state index in [1.165, 1.54) is 23.9 Å². The van der Waals surface area contributed by atoms with Gasteiger partial charge in [0, 0.05) is 6.61 Å². The van der Waals surface area contributed by atoms with E-state index in [-0.39, 0.29) is 24.4 Å². The maximum Gasteiger partial charge on any atom is 0.266 e. The number of carbonyl (C=O) groups is 1. The molecule has 9 heteroatoms. The standard InChI is InChI=1S/C24H23BrFNO4S2/c1-2-29-20-11-16(10-19(25)22(20)31-14-15-5-7-17(26)8-6-15)12-21-23(28)27(24(32)33-21)13-18-4-3-9-30-18/h5-8,10-12,18H,2-4,9,13-14H2,1H3/b21-12-/t18-/m0/s1. The first-order valence-corrected chi connectivity index (χ1v) is 12.7. The summed E-state index contributed by atoms with van der Waals surface area (Å²) < 4.78 is 31.8. The lowest BCUT2D eigenvalue weighted by molar-refractivity contribution is -0.123. The van der Waals surface area contributed by atoms with Crippen LogP contribution in [0.15, 0.2) is 45.8 Å². The highest BCUT2D eigenvalue weighted by Gasteiger charge is 2.34. The predicted molar refractivity (Wildman–Crippen MR) is 135 cm³/mol. The molecule has 2 aliphatic heterocycles. The molecule has 2 aromatic carbocycles. The van der Waals surface area contributed by atoms with Crippen molar-refractivity contribution < 1.29 is 23.4 Å². The molecule has 1 atom stereocenters. The third kappa shape index (κ3) is 5.95. The Kier molecular flexibility index (Phi) is 8.06. The van der Waals surface area contributed by atoms with Gasteiger partial charge in [-0.1, -0.05) is 36.1 Å². The molecule has 0 spiro atoms. The van der Waals surface area contributed by atoms with E-state index in [9.17, 15) is 9.18 Å². The second-order valence-electron chi connectivity index (χ2n) is 7.61. The van der Waals surface area contributed by atoms with E-state index in [0.29, 0.717) is 38.3 Å². The highest BCUT2D eigenvalue weighted by molar-refractivity contribution is 9.10. The van der Waals surface area contributed by atoms with Gasteiger partial charge in [0.05, 0.1) is 28.6 Å². The Labute approximate surface area is 210 Å². The van der Waals surface area contributed by atoms with Gasteiger partial charge < -0.3 is 14.2 Å². The van der Waals surface area contributed by atoms with E-state index >= 15 is 0 Å². The average molecular weight is 552 g/mol. The molecule has 2 saturated heterocycles. The Bertz CT molecular complexity index is 1070. The van der Waals surface area contributed by atoms with Crippen LogP contribution in [0, 0.1) is 5.82 Å². The number of hydrogen-bond acceptors (Lipinski definition) is 6. The SMILES string of the molecule is CCOc1cc(/C=C2\SC(=S)N(C[C@@H]3CCCO3)C2=O)cc(Br)c1OCc1ccc(F)cc1. The van der Waals surface area contributed by atoms with Gasteiger partial charge in [-0.2, -0.15) is 0 Å². The number of halogens is 2. The Morgan fingerprint density at radius 3 is 2.79 bits per heavy atom. The van der Waals surface area contributed by atoms with Crippen molar-refractivity contribution in [1.29, 1.82) is 0 Å². The Hall–Kier alpha value is -1.94. The molecule has 0 unspecified atom stereocenters. The summed E-state index contributed by atoms with van der Waals surface area (Å²) in [6, 6.07) is 9.85. The zero-order valence-corrected chi connectivity index (χ0v) is 21.2. The van der Waals surface area contributed by atoms with Gasteiger partial charge in [-0.15, -0.1) is 0 Å². The number of thioether (sulfide) groups is 1. The van der Waals surface area contributed by atoms with Crippen molar-refractivity contribution in [1.82, 2.24) is 4.90 Å². The van der Waals surface area contributed by atoms with Crippen molar-refractivity contribution in [2.24, 2.45) is 0 Å². The first kappa shape index (κ1) is 24.2. The fourth-order valence-electron chi connectivity index (χ4n) is 3.61. The molecule has 4 rings (SSSR count). The monoisotopic (exact) mass is 551 g/mol. The van der Waals surface area contributed by atoms with Gasteiger partial charge in [-0.25, -0.2) is 4.39 Å². The van der Waals surface area contributed by atoms with Crippen LogP contribution in [-0.2, 0) is 16.1 Å². The quantitative estimate of drug-likeness (QED) is 0.298. The molecule has 174 valence electrons. The van der Waals surface area contributed by atoms with Crippen LogP contribution in [0.3, 0.4) is 0 Å². The maximum absolute atomic E-state index is 13.2. The van der Waals surface area contributed by atoms with Crippen molar-refractivity contribution in [2.45, 2.75) is 32.5 Å². The summed E-state index contributed by atoms with van der Waals surface area (Å²) in [5, 5.41) is 0. The van der Waals surface area contributed by atoms with Crippen molar-refractivity contribution in [3.63, 3.8) is 0 Å². The number of benzene rings is 2. The zero-order chi connectivity index (χ0) is 23.4. The minimum absolute atomic E-state index is 0.0445. The summed E-state index contributed by atoms with van der Waals surface area (Å²) in [6.45, 7) is 3.83. The molecule has 0 aromatic heterocycles.